The first-order valence-corrected chi connectivity index (χ1v) is 7.32. The van der Waals surface area contributed by atoms with E-state index in [0.717, 1.165) is 30.6 Å². The van der Waals surface area contributed by atoms with E-state index in [2.05, 4.69) is 52.4 Å². The van der Waals surface area contributed by atoms with Crippen LogP contribution in [-0.2, 0) is 0 Å². The highest BCUT2D eigenvalue weighted by molar-refractivity contribution is 7.09. The Labute approximate surface area is 113 Å². The monoisotopic (exact) mass is 269 g/mol. The molecule has 6 heteroatoms. The minimum atomic E-state index is 0.316. The first-order valence-electron chi connectivity index (χ1n) is 6.55. The molecule has 1 aromatic rings. The summed E-state index contributed by atoms with van der Waals surface area (Å²) in [5.74, 6) is 0.958. The molecule has 2 rings (SSSR count). The molecule has 18 heavy (non-hydrogen) atoms. The van der Waals surface area contributed by atoms with Gasteiger partial charge >= 0.3 is 0 Å². The maximum absolute atomic E-state index is 4.63. The van der Waals surface area contributed by atoms with Crippen LogP contribution in [0.4, 0.5) is 5.13 Å². The third-order valence-electron chi connectivity index (χ3n) is 3.22. The fourth-order valence-electron chi connectivity index (χ4n) is 2.23. The predicted molar refractivity (Wildman–Crippen MR) is 76.2 cm³/mol. The number of anilines is 1. The molecule has 0 spiro atoms. The summed E-state index contributed by atoms with van der Waals surface area (Å²) in [7, 11) is 4.34. The van der Waals surface area contributed by atoms with Crippen LogP contribution >= 0.6 is 11.5 Å². The van der Waals surface area contributed by atoms with Gasteiger partial charge in [-0.3, -0.25) is 4.90 Å². The third kappa shape index (κ3) is 3.40. The average Bonchev–Trinajstić information content (AvgIpc) is 2.65. The van der Waals surface area contributed by atoms with Gasteiger partial charge in [-0.25, -0.2) is 4.98 Å². The van der Waals surface area contributed by atoms with E-state index in [9.17, 15) is 0 Å². The second-order valence-corrected chi connectivity index (χ2v) is 6.12. The van der Waals surface area contributed by atoms with Crippen LogP contribution < -0.4 is 5.32 Å². The third-order valence-corrected chi connectivity index (χ3v) is 3.88. The van der Waals surface area contributed by atoms with Crippen molar-refractivity contribution in [2.24, 2.45) is 0 Å². The minimum absolute atomic E-state index is 0.316. The summed E-state index contributed by atoms with van der Waals surface area (Å²) in [6, 6.07) is 0.719. The number of rotatable bonds is 3. The molecule has 0 radical (unpaired) electrons. The number of nitrogens with one attached hydrogen (secondary N) is 1. The molecule has 1 atom stereocenters. The van der Waals surface area contributed by atoms with Crippen molar-refractivity contribution in [3.05, 3.63) is 5.82 Å². The second kappa shape index (κ2) is 5.95. The molecule has 1 aromatic heterocycles. The van der Waals surface area contributed by atoms with Crippen LogP contribution in [0.15, 0.2) is 0 Å². The number of likely N-dealkylation sites (N-methyl/N-ethyl adjacent to an activating group) is 2. The standard InChI is InChI=1S/C12H23N5S/c1-9(2)13-12-14-11(15-18-12)10-8-16(3)6-5-7-17(10)4/h9-10H,5-8H2,1-4H3,(H,13,14,15). The van der Waals surface area contributed by atoms with Crippen molar-refractivity contribution >= 4 is 16.7 Å². The lowest BCUT2D eigenvalue weighted by molar-refractivity contribution is 0.221. The van der Waals surface area contributed by atoms with Gasteiger partial charge in [-0.15, -0.1) is 0 Å². The SMILES string of the molecule is CC(C)Nc1nc(C2CN(C)CCCN2C)ns1. The minimum Gasteiger partial charge on any atom is -0.358 e. The van der Waals surface area contributed by atoms with Gasteiger partial charge in [-0.2, -0.15) is 4.37 Å². The van der Waals surface area contributed by atoms with Gasteiger partial charge in [0.1, 0.15) is 0 Å². The molecule has 1 aliphatic heterocycles. The molecule has 0 saturated carbocycles. The Morgan fingerprint density at radius 2 is 2.11 bits per heavy atom. The fourth-order valence-corrected chi connectivity index (χ4v) is 2.99. The molecule has 0 amide bonds. The number of aromatic nitrogens is 2. The van der Waals surface area contributed by atoms with Gasteiger partial charge in [-0.1, -0.05) is 0 Å². The van der Waals surface area contributed by atoms with Crippen LogP contribution in [-0.4, -0.2) is 58.9 Å². The molecule has 2 heterocycles. The van der Waals surface area contributed by atoms with E-state index in [1.165, 1.54) is 18.0 Å². The molecule has 1 fully saturated rings. The Morgan fingerprint density at radius 3 is 2.83 bits per heavy atom. The van der Waals surface area contributed by atoms with Gasteiger partial charge in [0.15, 0.2) is 5.82 Å². The lowest BCUT2D eigenvalue weighted by Gasteiger charge is -2.24. The Bertz CT molecular complexity index is 378. The van der Waals surface area contributed by atoms with Crippen molar-refractivity contribution in [2.75, 3.05) is 39.0 Å². The summed E-state index contributed by atoms with van der Waals surface area (Å²) in [6.45, 7) is 7.51. The average molecular weight is 269 g/mol. The maximum atomic E-state index is 4.63. The van der Waals surface area contributed by atoms with Gasteiger partial charge in [0.05, 0.1) is 6.04 Å². The Balaban J connectivity index is 2.10. The van der Waals surface area contributed by atoms with E-state index in [4.69, 9.17) is 0 Å². The summed E-state index contributed by atoms with van der Waals surface area (Å²) in [5, 5.41) is 4.25. The lowest BCUT2D eigenvalue weighted by atomic mass is 10.2. The van der Waals surface area contributed by atoms with Crippen LogP contribution in [0.5, 0.6) is 0 Å². The molecule has 0 aromatic carbocycles. The van der Waals surface area contributed by atoms with Crippen molar-refractivity contribution in [1.29, 1.82) is 0 Å². The molecule has 1 unspecified atom stereocenters. The van der Waals surface area contributed by atoms with Gasteiger partial charge in [0.2, 0.25) is 5.13 Å². The highest BCUT2D eigenvalue weighted by Gasteiger charge is 2.25. The topological polar surface area (TPSA) is 44.3 Å². The molecule has 1 saturated heterocycles. The van der Waals surface area contributed by atoms with Gasteiger partial charge in [0.25, 0.3) is 0 Å². The highest BCUT2D eigenvalue weighted by Crippen LogP contribution is 2.24. The van der Waals surface area contributed by atoms with Crippen molar-refractivity contribution in [3.63, 3.8) is 0 Å². The van der Waals surface area contributed by atoms with Gasteiger partial charge in [0, 0.05) is 24.1 Å². The molecule has 1 N–H and O–H groups in total. The predicted octanol–water partition coefficient (Wildman–Crippen LogP) is 1.67. The van der Waals surface area contributed by atoms with Gasteiger partial charge in [-0.05, 0) is 47.5 Å². The van der Waals surface area contributed by atoms with Crippen molar-refractivity contribution in [3.8, 4) is 0 Å². The number of hydrogen-bond acceptors (Lipinski definition) is 6. The summed E-state index contributed by atoms with van der Waals surface area (Å²) in [4.78, 5) is 9.36. The first kappa shape index (κ1) is 13.7. The lowest BCUT2D eigenvalue weighted by Crippen LogP contribution is -2.31. The maximum Gasteiger partial charge on any atom is 0.202 e. The zero-order chi connectivity index (χ0) is 13.1. The van der Waals surface area contributed by atoms with Crippen LogP contribution in [0.1, 0.15) is 32.1 Å². The number of nitrogens with zero attached hydrogens (tertiary/aromatic N) is 4. The molecular weight excluding hydrogens is 246 g/mol. The Kier molecular flexibility index (Phi) is 4.53. The van der Waals surface area contributed by atoms with E-state index < -0.39 is 0 Å². The fraction of sp³-hybridized carbons (Fsp3) is 0.833. The van der Waals surface area contributed by atoms with E-state index in [1.54, 1.807) is 0 Å². The molecule has 102 valence electrons. The normalized spacial score (nSPS) is 23.3. The van der Waals surface area contributed by atoms with Crippen molar-refractivity contribution in [2.45, 2.75) is 32.4 Å². The summed E-state index contributed by atoms with van der Waals surface area (Å²) in [5.41, 5.74) is 0. The zero-order valence-corrected chi connectivity index (χ0v) is 12.5. The van der Waals surface area contributed by atoms with Crippen molar-refractivity contribution < 1.29 is 0 Å². The summed E-state index contributed by atoms with van der Waals surface area (Å²) < 4.78 is 4.52. The molecule has 5 nitrogen and oxygen atoms in total. The van der Waals surface area contributed by atoms with E-state index in [1.807, 2.05) is 0 Å². The van der Waals surface area contributed by atoms with Crippen molar-refractivity contribution in [1.82, 2.24) is 19.2 Å². The van der Waals surface area contributed by atoms with Gasteiger partial charge < -0.3 is 10.2 Å². The zero-order valence-electron chi connectivity index (χ0n) is 11.7. The van der Waals surface area contributed by atoms with E-state index in [0.29, 0.717) is 12.1 Å². The summed E-state index contributed by atoms with van der Waals surface area (Å²) >= 11 is 1.46. The highest BCUT2D eigenvalue weighted by atomic mass is 32.1. The molecule has 0 aliphatic carbocycles. The Morgan fingerprint density at radius 1 is 1.33 bits per heavy atom. The van der Waals surface area contributed by atoms with E-state index >= 15 is 0 Å². The van der Waals surface area contributed by atoms with Crippen LogP contribution in [0.3, 0.4) is 0 Å². The van der Waals surface area contributed by atoms with E-state index in [-0.39, 0.29) is 0 Å². The quantitative estimate of drug-likeness (QED) is 0.904. The Hall–Kier alpha value is -0.720. The van der Waals surface area contributed by atoms with Crippen LogP contribution in [0.2, 0.25) is 0 Å². The molecular formula is C12H23N5S. The van der Waals surface area contributed by atoms with Crippen LogP contribution in [0, 0.1) is 0 Å². The molecule has 1 aliphatic rings. The summed E-state index contributed by atoms with van der Waals surface area (Å²) in [6.07, 6.45) is 1.21. The molecule has 0 bridgehead atoms. The van der Waals surface area contributed by atoms with Crippen LogP contribution in [0.25, 0.3) is 0 Å². The smallest absolute Gasteiger partial charge is 0.202 e. The largest absolute Gasteiger partial charge is 0.358 e. The second-order valence-electron chi connectivity index (χ2n) is 5.37. The first-order chi connectivity index (χ1) is 8.56. The number of hydrogen-bond donors (Lipinski definition) is 1.